The van der Waals surface area contributed by atoms with E-state index < -0.39 is 0 Å². The van der Waals surface area contributed by atoms with Gasteiger partial charge in [-0.2, -0.15) is 0 Å². The van der Waals surface area contributed by atoms with Crippen LogP contribution in [0.15, 0.2) is 60.7 Å². The minimum Gasteiger partial charge on any atom is -0.445 e. The van der Waals surface area contributed by atoms with Gasteiger partial charge in [0.1, 0.15) is 6.61 Å². The highest BCUT2D eigenvalue weighted by molar-refractivity contribution is 5.68. The van der Waals surface area contributed by atoms with Crippen molar-refractivity contribution in [3.8, 4) is 0 Å². The maximum atomic E-state index is 13.2. The van der Waals surface area contributed by atoms with Gasteiger partial charge < -0.3 is 19.3 Å². The van der Waals surface area contributed by atoms with Gasteiger partial charge in [-0.1, -0.05) is 73.5 Å². The normalized spacial score (nSPS) is 20.3. The second kappa shape index (κ2) is 15.0. The SMILES string of the molecule is O=C(OCc1ccccc1)N(Cc1ccccc1)[C@H]1CC[C@H](OCCCCCCN2CCCC2)CC1. The Balaban J connectivity index is 1.17. The number of hydrogen-bond donors (Lipinski definition) is 0. The number of carbonyl (C=O) groups is 1. The molecule has 4 rings (SSSR count). The molecular formula is C31H44N2O3. The summed E-state index contributed by atoms with van der Waals surface area (Å²) in [5.74, 6) is 0. The average Bonchev–Trinajstić information content (AvgIpc) is 3.45. The fraction of sp³-hybridized carbons (Fsp3) is 0.581. The lowest BCUT2D eigenvalue weighted by Gasteiger charge is -2.36. The molecule has 1 amide bonds. The molecule has 2 aromatic carbocycles. The smallest absolute Gasteiger partial charge is 0.410 e. The van der Waals surface area contributed by atoms with Crippen LogP contribution < -0.4 is 0 Å². The van der Waals surface area contributed by atoms with Crippen molar-refractivity contribution in [3.05, 3.63) is 71.8 Å². The van der Waals surface area contributed by atoms with Gasteiger partial charge in [0.15, 0.2) is 0 Å². The van der Waals surface area contributed by atoms with Crippen molar-refractivity contribution in [2.45, 2.75) is 89.5 Å². The zero-order valence-corrected chi connectivity index (χ0v) is 21.9. The number of rotatable bonds is 13. The number of benzene rings is 2. The maximum Gasteiger partial charge on any atom is 0.410 e. The molecule has 5 heteroatoms. The van der Waals surface area contributed by atoms with Crippen LogP contribution in [-0.4, -0.2) is 54.3 Å². The second-order valence-electron chi connectivity index (χ2n) is 10.4. The molecule has 196 valence electrons. The Morgan fingerprint density at radius 2 is 1.44 bits per heavy atom. The molecule has 0 bridgehead atoms. The monoisotopic (exact) mass is 492 g/mol. The van der Waals surface area contributed by atoms with Crippen LogP contribution in [0.25, 0.3) is 0 Å². The Morgan fingerprint density at radius 1 is 0.806 bits per heavy atom. The Kier molecular flexibility index (Phi) is 11.1. The molecule has 2 aliphatic rings. The van der Waals surface area contributed by atoms with Gasteiger partial charge in [-0.3, -0.25) is 0 Å². The molecule has 1 aliphatic carbocycles. The Morgan fingerprint density at radius 3 is 2.14 bits per heavy atom. The van der Waals surface area contributed by atoms with Crippen molar-refractivity contribution in [3.63, 3.8) is 0 Å². The van der Waals surface area contributed by atoms with E-state index in [-0.39, 0.29) is 12.1 Å². The van der Waals surface area contributed by atoms with Gasteiger partial charge in [-0.15, -0.1) is 0 Å². The van der Waals surface area contributed by atoms with Gasteiger partial charge in [0.05, 0.1) is 6.10 Å². The Bertz CT molecular complexity index is 862. The van der Waals surface area contributed by atoms with Crippen molar-refractivity contribution >= 4 is 6.09 Å². The number of hydrogen-bond acceptors (Lipinski definition) is 4. The summed E-state index contributed by atoms with van der Waals surface area (Å²) in [7, 11) is 0. The number of likely N-dealkylation sites (tertiary alicyclic amines) is 1. The molecule has 36 heavy (non-hydrogen) atoms. The predicted octanol–water partition coefficient (Wildman–Crippen LogP) is 6.81. The number of ether oxygens (including phenoxy) is 2. The summed E-state index contributed by atoms with van der Waals surface area (Å²) in [6.45, 7) is 5.65. The maximum absolute atomic E-state index is 13.2. The van der Waals surface area contributed by atoms with Crippen molar-refractivity contribution in [1.29, 1.82) is 0 Å². The largest absolute Gasteiger partial charge is 0.445 e. The van der Waals surface area contributed by atoms with Gasteiger partial charge in [0, 0.05) is 19.2 Å². The molecule has 5 nitrogen and oxygen atoms in total. The molecule has 1 saturated carbocycles. The highest BCUT2D eigenvalue weighted by Crippen LogP contribution is 2.27. The molecule has 0 atom stereocenters. The second-order valence-corrected chi connectivity index (χ2v) is 10.4. The summed E-state index contributed by atoms with van der Waals surface area (Å²) in [4.78, 5) is 17.7. The summed E-state index contributed by atoms with van der Waals surface area (Å²) in [6.07, 6.45) is 11.9. The third-order valence-corrected chi connectivity index (χ3v) is 7.64. The first-order chi connectivity index (χ1) is 17.8. The van der Waals surface area contributed by atoms with Crippen LogP contribution in [0.2, 0.25) is 0 Å². The van der Waals surface area contributed by atoms with Crippen LogP contribution in [0.1, 0.15) is 75.3 Å². The summed E-state index contributed by atoms with van der Waals surface area (Å²) < 4.78 is 12.0. The van der Waals surface area contributed by atoms with E-state index in [1.807, 2.05) is 53.4 Å². The van der Waals surface area contributed by atoms with Crippen LogP contribution in [-0.2, 0) is 22.6 Å². The minimum atomic E-state index is -0.221. The summed E-state index contributed by atoms with van der Waals surface area (Å²) >= 11 is 0. The topological polar surface area (TPSA) is 42.0 Å². The van der Waals surface area contributed by atoms with Crippen molar-refractivity contribution in [2.24, 2.45) is 0 Å². The summed E-state index contributed by atoms with van der Waals surface area (Å²) in [5, 5.41) is 0. The van der Waals surface area contributed by atoms with Crippen molar-refractivity contribution < 1.29 is 14.3 Å². The van der Waals surface area contributed by atoms with E-state index in [4.69, 9.17) is 9.47 Å². The van der Waals surface area contributed by atoms with E-state index in [2.05, 4.69) is 17.0 Å². The van der Waals surface area contributed by atoms with E-state index in [0.717, 1.165) is 49.8 Å². The van der Waals surface area contributed by atoms with Crippen molar-refractivity contribution in [1.82, 2.24) is 9.80 Å². The standard InChI is InChI=1S/C31H44N2O3/c34-31(36-26-28-15-7-4-8-16-28)33(25-27-13-5-3-6-14-27)29-17-19-30(20-18-29)35-24-12-2-1-9-21-32-22-10-11-23-32/h3-8,13-16,29-30H,1-2,9-12,17-26H2/t29-,30-. The molecule has 0 aromatic heterocycles. The van der Waals surface area contributed by atoms with Crippen LogP contribution in [0.4, 0.5) is 4.79 Å². The molecule has 1 heterocycles. The first-order valence-electron chi connectivity index (χ1n) is 14.1. The Labute approximate surface area is 217 Å². The highest BCUT2D eigenvalue weighted by Gasteiger charge is 2.30. The van der Waals surface area contributed by atoms with Gasteiger partial charge in [-0.05, 0) is 82.1 Å². The van der Waals surface area contributed by atoms with E-state index in [1.165, 1.54) is 51.7 Å². The average molecular weight is 493 g/mol. The zero-order chi connectivity index (χ0) is 24.8. The quantitative estimate of drug-likeness (QED) is 0.288. The van der Waals surface area contributed by atoms with E-state index in [9.17, 15) is 4.79 Å². The highest BCUT2D eigenvalue weighted by atomic mass is 16.6. The fourth-order valence-corrected chi connectivity index (χ4v) is 5.50. The van der Waals surface area contributed by atoms with Gasteiger partial charge in [0.25, 0.3) is 0 Å². The third kappa shape index (κ3) is 8.94. The van der Waals surface area contributed by atoms with Crippen LogP contribution >= 0.6 is 0 Å². The molecule has 2 fully saturated rings. The lowest BCUT2D eigenvalue weighted by atomic mass is 9.91. The van der Waals surface area contributed by atoms with Crippen molar-refractivity contribution in [2.75, 3.05) is 26.2 Å². The van der Waals surface area contributed by atoms with Crippen LogP contribution in [0.5, 0.6) is 0 Å². The van der Waals surface area contributed by atoms with Crippen LogP contribution in [0.3, 0.4) is 0 Å². The summed E-state index contributed by atoms with van der Waals surface area (Å²) in [6, 6.07) is 20.3. The molecule has 0 N–H and O–H groups in total. The van der Waals surface area contributed by atoms with E-state index in [1.54, 1.807) is 0 Å². The fourth-order valence-electron chi connectivity index (χ4n) is 5.50. The lowest BCUT2D eigenvalue weighted by Crippen LogP contribution is -2.43. The van der Waals surface area contributed by atoms with Gasteiger partial charge >= 0.3 is 6.09 Å². The van der Waals surface area contributed by atoms with Crippen LogP contribution in [0, 0.1) is 0 Å². The third-order valence-electron chi connectivity index (χ3n) is 7.64. The minimum absolute atomic E-state index is 0.193. The predicted molar refractivity (Wildman–Crippen MR) is 145 cm³/mol. The molecule has 0 spiro atoms. The number of nitrogens with zero attached hydrogens (tertiary/aromatic N) is 2. The lowest BCUT2D eigenvalue weighted by molar-refractivity contribution is 0.00194. The number of unbranched alkanes of at least 4 members (excludes halogenated alkanes) is 3. The number of amides is 1. The first kappa shape index (κ1) is 26.7. The molecule has 0 radical (unpaired) electrons. The molecule has 2 aromatic rings. The van der Waals surface area contributed by atoms with E-state index in [0.29, 0.717) is 19.3 Å². The van der Waals surface area contributed by atoms with E-state index >= 15 is 0 Å². The first-order valence-corrected chi connectivity index (χ1v) is 14.1. The summed E-state index contributed by atoms with van der Waals surface area (Å²) in [5.41, 5.74) is 2.15. The molecule has 1 saturated heterocycles. The Hall–Kier alpha value is -2.37. The number of carbonyl (C=O) groups excluding carboxylic acids is 1. The van der Waals surface area contributed by atoms with Gasteiger partial charge in [0.2, 0.25) is 0 Å². The zero-order valence-electron chi connectivity index (χ0n) is 21.9. The molecule has 1 aliphatic heterocycles. The van der Waals surface area contributed by atoms with Gasteiger partial charge in [-0.25, -0.2) is 4.79 Å². The molecular weight excluding hydrogens is 448 g/mol. The molecule has 0 unspecified atom stereocenters.